The van der Waals surface area contributed by atoms with E-state index in [-0.39, 0.29) is 17.9 Å². The first kappa shape index (κ1) is 30.1. The van der Waals surface area contributed by atoms with Crippen LogP contribution in [-0.4, -0.2) is 64.7 Å². The zero-order chi connectivity index (χ0) is 29.1. The van der Waals surface area contributed by atoms with Gasteiger partial charge in [-0.2, -0.15) is 5.10 Å². The van der Waals surface area contributed by atoms with E-state index in [9.17, 15) is 9.90 Å². The third-order valence-corrected chi connectivity index (χ3v) is 12.2. The number of carbonyl (C=O) groups excluding carboxylic acids is 1. The Kier molecular flexibility index (Phi) is 9.26. The highest BCUT2D eigenvalue weighted by atomic mass is 28.4. The third kappa shape index (κ3) is 7.05. The molecular formula is C29H45N5O5Si. The minimum absolute atomic E-state index is 0.0804. The lowest BCUT2D eigenvalue weighted by atomic mass is 10.1. The summed E-state index contributed by atoms with van der Waals surface area (Å²) in [6.45, 7) is 14.2. The summed E-state index contributed by atoms with van der Waals surface area (Å²) in [4.78, 5) is 16.8. The van der Waals surface area contributed by atoms with E-state index in [0.717, 1.165) is 59.7 Å². The van der Waals surface area contributed by atoms with Gasteiger partial charge in [-0.1, -0.05) is 20.8 Å². The first-order chi connectivity index (χ1) is 18.9. The lowest BCUT2D eigenvalue weighted by molar-refractivity contribution is -0.0365. The van der Waals surface area contributed by atoms with Crippen molar-refractivity contribution in [2.24, 2.45) is 7.05 Å². The number of fused-ring (bicyclic) bond motifs is 1. The minimum Gasteiger partial charge on any atom is -0.543 e. The molecule has 220 valence electrons. The van der Waals surface area contributed by atoms with Crippen LogP contribution in [0.3, 0.4) is 0 Å². The summed E-state index contributed by atoms with van der Waals surface area (Å²) in [5.41, 5.74) is 2.53. The Labute approximate surface area is 238 Å². The predicted molar refractivity (Wildman–Crippen MR) is 158 cm³/mol. The van der Waals surface area contributed by atoms with Gasteiger partial charge in [0.2, 0.25) is 8.32 Å². The average Bonchev–Trinajstić information content (AvgIpc) is 3.43. The zero-order valence-electron chi connectivity index (χ0n) is 25.0. The van der Waals surface area contributed by atoms with Crippen molar-refractivity contribution in [2.75, 3.05) is 19.8 Å². The Morgan fingerprint density at radius 1 is 1.30 bits per heavy atom. The monoisotopic (exact) mass is 571 g/mol. The van der Waals surface area contributed by atoms with Crippen LogP contribution in [-0.2, 0) is 22.9 Å². The number of benzene rings is 1. The second kappa shape index (κ2) is 12.3. The van der Waals surface area contributed by atoms with Crippen LogP contribution in [0.5, 0.6) is 5.75 Å². The van der Waals surface area contributed by atoms with Crippen LogP contribution < -0.4 is 9.74 Å². The number of aliphatic hydroxyl groups is 1. The molecule has 1 aliphatic rings. The van der Waals surface area contributed by atoms with Gasteiger partial charge < -0.3 is 28.9 Å². The van der Waals surface area contributed by atoms with Gasteiger partial charge in [-0.15, -0.1) is 0 Å². The number of aryl methyl sites for hydroxylation is 1. The molecule has 40 heavy (non-hydrogen) atoms. The number of aliphatic hydroxyl groups excluding tert-OH is 1. The number of imidazole rings is 1. The molecule has 2 aromatic heterocycles. The fourth-order valence-electron chi connectivity index (χ4n) is 4.48. The number of aromatic nitrogens is 4. The van der Waals surface area contributed by atoms with Gasteiger partial charge in [-0.05, 0) is 68.9 Å². The van der Waals surface area contributed by atoms with Crippen LogP contribution in [0.1, 0.15) is 65.4 Å². The van der Waals surface area contributed by atoms with E-state index in [1.54, 1.807) is 6.92 Å². The molecule has 10 nitrogen and oxygen atoms in total. The van der Waals surface area contributed by atoms with Gasteiger partial charge in [0.25, 0.3) is 0 Å². The Balaban J connectivity index is 1.59. The van der Waals surface area contributed by atoms with Crippen molar-refractivity contribution in [3.63, 3.8) is 0 Å². The number of amides is 1. The Bertz CT molecular complexity index is 1300. The maximum Gasteiger partial charge on any atom is 0.407 e. The molecular weight excluding hydrogens is 526 g/mol. The lowest BCUT2D eigenvalue weighted by Crippen LogP contribution is -2.43. The number of nitrogens with one attached hydrogen (secondary N) is 1. The first-order valence-electron chi connectivity index (χ1n) is 14.3. The van der Waals surface area contributed by atoms with E-state index in [1.165, 1.54) is 0 Å². The summed E-state index contributed by atoms with van der Waals surface area (Å²) in [5.74, 6) is 1.63. The number of hydrogen-bond acceptors (Lipinski definition) is 7. The van der Waals surface area contributed by atoms with Gasteiger partial charge >= 0.3 is 6.09 Å². The van der Waals surface area contributed by atoms with Gasteiger partial charge in [-0.25, -0.2) is 14.5 Å². The van der Waals surface area contributed by atoms with E-state index >= 15 is 0 Å². The SMILES string of the molecule is CC(O)CCNC(=O)OCCc1nc(-c2nn(C3CCCCO3)c3ccc(O[Si](C)(C)C(C)(C)C)cc23)cn1C. The van der Waals surface area contributed by atoms with E-state index in [2.05, 4.69) is 51.3 Å². The molecule has 1 saturated heterocycles. The second-order valence-corrected chi connectivity index (χ2v) is 17.0. The normalized spacial score (nSPS) is 17.1. The topological polar surface area (TPSA) is 113 Å². The second-order valence-electron chi connectivity index (χ2n) is 12.3. The first-order valence-corrected chi connectivity index (χ1v) is 17.2. The molecule has 2 unspecified atom stereocenters. The smallest absolute Gasteiger partial charge is 0.407 e. The number of hydrogen-bond donors (Lipinski definition) is 2. The van der Waals surface area contributed by atoms with E-state index in [0.29, 0.717) is 19.4 Å². The quantitative estimate of drug-likeness (QED) is 0.306. The fourth-order valence-corrected chi connectivity index (χ4v) is 5.50. The van der Waals surface area contributed by atoms with Crippen molar-refractivity contribution in [2.45, 2.75) is 90.3 Å². The van der Waals surface area contributed by atoms with Gasteiger partial charge in [0.05, 0.1) is 11.6 Å². The number of ether oxygens (including phenoxy) is 2. The number of alkyl carbamates (subject to hydrolysis) is 1. The fraction of sp³-hybridized carbons (Fsp3) is 0.621. The van der Waals surface area contributed by atoms with Crippen LogP contribution in [0.15, 0.2) is 24.4 Å². The Hall–Kier alpha value is -2.89. The van der Waals surface area contributed by atoms with Crippen LogP contribution in [0.25, 0.3) is 22.3 Å². The van der Waals surface area contributed by atoms with Crippen molar-refractivity contribution in [3.8, 4) is 17.1 Å². The Morgan fingerprint density at radius 3 is 2.75 bits per heavy atom. The highest BCUT2D eigenvalue weighted by molar-refractivity contribution is 6.74. The largest absolute Gasteiger partial charge is 0.543 e. The molecule has 11 heteroatoms. The van der Waals surface area contributed by atoms with E-state index in [1.807, 2.05) is 28.6 Å². The Morgan fingerprint density at radius 2 is 2.08 bits per heavy atom. The molecule has 0 spiro atoms. The van der Waals surface area contributed by atoms with E-state index < -0.39 is 20.5 Å². The molecule has 1 amide bonds. The molecule has 2 N–H and O–H groups in total. The molecule has 3 heterocycles. The van der Waals surface area contributed by atoms with Gasteiger partial charge in [0, 0.05) is 38.2 Å². The third-order valence-electron chi connectivity index (χ3n) is 7.89. The maximum atomic E-state index is 11.9. The molecule has 1 fully saturated rings. The summed E-state index contributed by atoms with van der Waals surface area (Å²) >= 11 is 0. The average molecular weight is 572 g/mol. The highest BCUT2D eigenvalue weighted by Crippen LogP contribution is 2.39. The van der Waals surface area contributed by atoms with E-state index in [4.69, 9.17) is 24.0 Å². The van der Waals surface area contributed by atoms with Crippen LogP contribution in [0.4, 0.5) is 4.79 Å². The number of nitrogens with zero attached hydrogens (tertiary/aromatic N) is 4. The zero-order valence-corrected chi connectivity index (χ0v) is 26.0. The van der Waals surface area contributed by atoms with Crippen LogP contribution >= 0.6 is 0 Å². The standard InChI is InChI=1S/C29H45N5O5Si/c1-20(35)13-15-30-28(36)38-17-14-25-31-23(19-33(25)5)27-22-18-21(39-40(6,7)29(2,3)4)11-12-24(22)34(32-27)26-10-8-9-16-37-26/h11-12,18-20,26,35H,8-10,13-17H2,1-7H3,(H,30,36). The van der Waals surface area contributed by atoms with Gasteiger partial charge in [-0.3, -0.25) is 0 Å². The van der Waals surface area contributed by atoms with Crippen molar-refractivity contribution in [1.82, 2.24) is 24.6 Å². The molecule has 0 aliphatic carbocycles. The van der Waals surface area contributed by atoms with Crippen molar-refractivity contribution < 1.29 is 23.8 Å². The summed E-state index contributed by atoms with van der Waals surface area (Å²) in [6.07, 6.45) is 4.92. The lowest BCUT2D eigenvalue weighted by Gasteiger charge is -2.36. The molecule has 0 radical (unpaired) electrons. The molecule has 2 atom stereocenters. The molecule has 1 aromatic carbocycles. The minimum atomic E-state index is -2.03. The van der Waals surface area contributed by atoms with Crippen LogP contribution in [0, 0.1) is 0 Å². The van der Waals surface area contributed by atoms with Crippen LogP contribution in [0.2, 0.25) is 18.1 Å². The summed E-state index contributed by atoms with van der Waals surface area (Å²) in [5, 5.41) is 18.1. The predicted octanol–water partition coefficient (Wildman–Crippen LogP) is 5.56. The number of carbonyl (C=O) groups is 1. The summed E-state index contributed by atoms with van der Waals surface area (Å²) in [6, 6.07) is 6.22. The molecule has 3 aromatic rings. The molecule has 1 aliphatic heterocycles. The van der Waals surface area contributed by atoms with Crippen molar-refractivity contribution >= 4 is 25.3 Å². The highest BCUT2D eigenvalue weighted by Gasteiger charge is 2.39. The van der Waals surface area contributed by atoms with Crippen molar-refractivity contribution in [3.05, 3.63) is 30.2 Å². The van der Waals surface area contributed by atoms with Gasteiger partial charge in [0.1, 0.15) is 29.6 Å². The molecule has 0 saturated carbocycles. The summed E-state index contributed by atoms with van der Waals surface area (Å²) in [7, 11) is -0.0948. The molecule has 4 rings (SSSR count). The van der Waals surface area contributed by atoms with Gasteiger partial charge in [0.15, 0.2) is 6.23 Å². The molecule has 0 bridgehead atoms. The maximum absolute atomic E-state index is 11.9. The summed E-state index contributed by atoms with van der Waals surface area (Å²) < 4.78 is 22.0. The number of rotatable bonds is 10. The van der Waals surface area contributed by atoms with Crippen molar-refractivity contribution in [1.29, 1.82) is 0 Å².